The molecule has 4 aromatic carbocycles. The maximum atomic E-state index is 11.9. The fourth-order valence-corrected chi connectivity index (χ4v) is 6.62. The standard InChI is InChI=1S/C36H22Cl6O4/c37-27-17-9-7-15-25(27)33(43,23-11-3-1-4-12-23)19-21-35(45)29(39)31(41)36(46,32(42)30(35)40)22-20-34(44,24-13-5-2-6-14-24)26-16-8-10-18-28(26)38/h1-18,43-46H/t33-,34-,35?,36?/m1/s1. The van der Waals surface area contributed by atoms with Gasteiger partial charge in [-0.2, -0.15) is 0 Å². The minimum atomic E-state index is -2.59. The molecule has 10 heteroatoms. The molecule has 0 amide bonds. The van der Waals surface area contributed by atoms with Gasteiger partial charge in [0, 0.05) is 32.3 Å². The minimum absolute atomic E-state index is 0.201. The van der Waals surface area contributed by atoms with Gasteiger partial charge in [0.1, 0.15) is 0 Å². The van der Waals surface area contributed by atoms with Gasteiger partial charge in [0.05, 0.1) is 20.1 Å². The molecule has 2 atom stereocenters. The van der Waals surface area contributed by atoms with Crippen molar-refractivity contribution in [1.29, 1.82) is 0 Å². The van der Waals surface area contributed by atoms with Gasteiger partial charge in [-0.3, -0.25) is 0 Å². The third-order valence-corrected chi connectivity index (χ3v) is 10.1. The van der Waals surface area contributed by atoms with Crippen molar-refractivity contribution in [3.05, 3.63) is 162 Å². The van der Waals surface area contributed by atoms with E-state index in [-0.39, 0.29) is 21.2 Å². The number of hydrogen-bond acceptors (Lipinski definition) is 4. The van der Waals surface area contributed by atoms with Crippen LogP contribution in [0.5, 0.6) is 0 Å². The van der Waals surface area contributed by atoms with Crippen LogP contribution < -0.4 is 0 Å². The second-order valence-corrected chi connectivity index (χ2v) is 12.6. The van der Waals surface area contributed by atoms with Gasteiger partial charge in [0.25, 0.3) is 0 Å². The molecule has 1 aliphatic carbocycles. The third-order valence-electron chi connectivity index (χ3n) is 7.42. The first kappa shape index (κ1) is 34.4. The lowest BCUT2D eigenvalue weighted by atomic mass is 9.83. The highest BCUT2D eigenvalue weighted by atomic mass is 35.5. The van der Waals surface area contributed by atoms with E-state index in [1.165, 1.54) is 0 Å². The molecular formula is C36H22Cl6O4. The summed E-state index contributed by atoms with van der Waals surface area (Å²) in [6, 6.07) is 29.8. The molecule has 4 N–H and O–H groups in total. The van der Waals surface area contributed by atoms with E-state index in [0.29, 0.717) is 11.1 Å². The molecule has 1 aliphatic rings. The van der Waals surface area contributed by atoms with E-state index in [0.717, 1.165) is 0 Å². The number of aliphatic hydroxyl groups is 4. The molecule has 4 aromatic rings. The van der Waals surface area contributed by atoms with Crippen LogP contribution in [-0.2, 0) is 11.2 Å². The van der Waals surface area contributed by atoms with E-state index in [1.54, 1.807) is 109 Å². The molecule has 4 nitrogen and oxygen atoms in total. The van der Waals surface area contributed by atoms with Gasteiger partial charge >= 0.3 is 0 Å². The molecule has 0 saturated carbocycles. The molecule has 0 spiro atoms. The topological polar surface area (TPSA) is 80.9 Å². The van der Waals surface area contributed by atoms with Crippen LogP contribution in [0.1, 0.15) is 22.3 Å². The smallest absolute Gasteiger partial charge is 0.200 e. The van der Waals surface area contributed by atoms with Crippen LogP contribution in [0.2, 0.25) is 10.0 Å². The zero-order chi connectivity index (χ0) is 33.3. The lowest BCUT2D eigenvalue weighted by molar-refractivity contribution is 0.137. The molecule has 0 aromatic heterocycles. The largest absolute Gasteiger partial charge is 0.369 e. The molecule has 0 fully saturated rings. The van der Waals surface area contributed by atoms with E-state index in [4.69, 9.17) is 69.6 Å². The normalized spacial score (nSPS) is 22.1. The van der Waals surface area contributed by atoms with E-state index in [1.807, 2.05) is 0 Å². The molecule has 0 bridgehead atoms. The summed E-state index contributed by atoms with van der Waals surface area (Å²) < 4.78 is 0. The fraction of sp³-hybridized carbons (Fsp3) is 0.111. The van der Waals surface area contributed by atoms with E-state index in [9.17, 15) is 20.4 Å². The Morgan fingerprint density at radius 1 is 0.435 bits per heavy atom. The summed E-state index contributed by atoms with van der Waals surface area (Å²) >= 11 is 39.2. The van der Waals surface area contributed by atoms with Crippen LogP contribution in [0.3, 0.4) is 0 Å². The predicted octanol–water partition coefficient (Wildman–Crippen LogP) is 8.03. The Balaban J connectivity index is 1.67. The van der Waals surface area contributed by atoms with Gasteiger partial charge in [-0.05, 0) is 12.1 Å². The lowest BCUT2D eigenvalue weighted by Gasteiger charge is -2.35. The van der Waals surface area contributed by atoms with Crippen LogP contribution in [0, 0.1) is 23.7 Å². The molecule has 0 heterocycles. The van der Waals surface area contributed by atoms with Crippen molar-refractivity contribution in [2.24, 2.45) is 0 Å². The average molecular weight is 731 g/mol. The summed E-state index contributed by atoms with van der Waals surface area (Å²) in [7, 11) is 0. The van der Waals surface area contributed by atoms with Crippen LogP contribution in [0.15, 0.2) is 129 Å². The first-order chi connectivity index (χ1) is 21.8. The molecule has 0 aliphatic heterocycles. The van der Waals surface area contributed by atoms with Gasteiger partial charge < -0.3 is 20.4 Å². The predicted molar refractivity (Wildman–Crippen MR) is 185 cm³/mol. The summed E-state index contributed by atoms with van der Waals surface area (Å²) in [5.41, 5.74) is -8.21. The van der Waals surface area contributed by atoms with Crippen molar-refractivity contribution in [2.45, 2.75) is 22.4 Å². The van der Waals surface area contributed by atoms with Gasteiger partial charge in [0.2, 0.25) is 11.2 Å². The van der Waals surface area contributed by atoms with Crippen molar-refractivity contribution < 1.29 is 20.4 Å². The first-order valence-corrected chi connectivity index (χ1v) is 15.8. The summed E-state index contributed by atoms with van der Waals surface area (Å²) in [5, 5.41) is 45.2. The Morgan fingerprint density at radius 3 is 1.02 bits per heavy atom. The summed E-state index contributed by atoms with van der Waals surface area (Å²) in [4.78, 5) is 0. The van der Waals surface area contributed by atoms with Crippen molar-refractivity contribution in [3.63, 3.8) is 0 Å². The number of benzene rings is 4. The zero-order valence-corrected chi connectivity index (χ0v) is 28.0. The zero-order valence-electron chi connectivity index (χ0n) is 23.4. The maximum absolute atomic E-state index is 11.9. The van der Waals surface area contributed by atoms with Gasteiger partial charge in [-0.15, -0.1) is 0 Å². The Kier molecular flexibility index (Phi) is 9.93. The van der Waals surface area contributed by atoms with Gasteiger partial charge in [0.15, 0.2) is 11.2 Å². The van der Waals surface area contributed by atoms with Crippen LogP contribution in [-0.4, -0.2) is 31.6 Å². The van der Waals surface area contributed by atoms with Crippen molar-refractivity contribution in [2.75, 3.05) is 0 Å². The Labute approximate surface area is 296 Å². The molecule has 0 unspecified atom stereocenters. The van der Waals surface area contributed by atoms with Gasteiger partial charge in [-0.25, -0.2) is 0 Å². The molecule has 5 rings (SSSR count). The first-order valence-electron chi connectivity index (χ1n) is 13.5. The number of halogens is 6. The second kappa shape index (κ2) is 13.3. The second-order valence-electron chi connectivity index (χ2n) is 10.3. The SMILES string of the molecule is OC1(C#C[C@@](O)(c2ccccc2)c2ccccc2Cl)C(Cl)=C(Cl)C(O)(C#C[C@@](O)(c2ccccc2)c2ccccc2Cl)C(Cl)=C1Cl. The number of rotatable bonds is 4. The lowest BCUT2D eigenvalue weighted by Crippen LogP contribution is -2.42. The number of hydrogen-bond donors (Lipinski definition) is 4. The van der Waals surface area contributed by atoms with Crippen molar-refractivity contribution in [1.82, 2.24) is 0 Å². The van der Waals surface area contributed by atoms with Gasteiger partial charge in [-0.1, -0.05) is 190 Å². The van der Waals surface area contributed by atoms with Crippen LogP contribution in [0.25, 0.3) is 0 Å². The monoisotopic (exact) mass is 728 g/mol. The average Bonchev–Trinajstić information content (AvgIpc) is 3.08. The highest BCUT2D eigenvalue weighted by Gasteiger charge is 2.51. The molecule has 0 radical (unpaired) electrons. The van der Waals surface area contributed by atoms with E-state index >= 15 is 0 Å². The van der Waals surface area contributed by atoms with E-state index < -0.39 is 42.5 Å². The summed E-state index contributed by atoms with van der Waals surface area (Å²) in [6.45, 7) is 0. The Morgan fingerprint density at radius 2 is 0.717 bits per heavy atom. The van der Waals surface area contributed by atoms with Crippen molar-refractivity contribution >= 4 is 69.6 Å². The summed E-state index contributed by atoms with van der Waals surface area (Å²) in [6.07, 6.45) is 0. The van der Waals surface area contributed by atoms with E-state index in [2.05, 4.69) is 23.7 Å². The highest BCUT2D eigenvalue weighted by Crippen LogP contribution is 2.50. The molecule has 0 saturated heterocycles. The third kappa shape index (κ3) is 5.97. The Bertz CT molecular complexity index is 1820. The molecular weight excluding hydrogens is 709 g/mol. The fourth-order valence-electron chi connectivity index (χ4n) is 4.87. The molecule has 232 valence electrons. The highest BCUT2D eigenvalue weighted by molar-refractivity contribution is 6.48. The summed E-state index contributed by atoms with van der Waals surface area (Å²) in [5.74, 6) is 10.3. The molecule has 46 heavy (non-hydrogen) atoms. The quantitative estimate of drug-likeness (QED) is 0.161. The van der Waals surface area contributed by atoms with Crippen LogP contribution >= 0.6 is 69.6 Å². The minimum Gasteiger partial charge on any atom is -0.369 e. The van der Waals surface area contributed by atoms with Crippen LogP contribution in [0.4, 0.5) is 0 Å². The maximum Gasteiger partial charge on any atom is 0.200 e. The van der Waals surface area contributed by atoms with Crippen molar-refractivity contribution in [3.8, 4) is 23.7 Å². The Hall–Kier alpha value is -2.94.